The van der Waals surface area contributed by atoms with Crippen LogP contribution in [0.1, 0.15) is 239 Å². The summed E-state index contributed by atoms with van der Waals surface area (Å²) in [5.41, 5.74) is 0. The fourth-order valence-electron chi connectivity index (χ4n) is 7.14. The van der Waals surface area contributed by atoms with Crippen LogP contribution in [-0.4, -0.2) is 75.6 Å². The maximum atomic E-state index is 12.7. The van der Waals surface area contributed by atoms with Gasteiger partial charge in [0.25, 0.3) is 0 Å². The van der Waals surface area contributed by atoms with Crippen molar-refractivity contribution in [1.82, 2.24) is 0 Å². The van der Waals surface area contributed by atoms with Crippen LogP contribution >= 0.6 is 7.82 Å². The van der Waals surface area contributed by atoms with Crippen molar-refractivity contribution in [3.63, 3.8) is 0 Å². The van der Waals surface area contributed by atoms with Crippen LogP contribution in [0.5, 0.6) is 0 Å². The van der Waals surface area contributed by atoms with E-state index >= 15 is 0 Å². The Hall–Kier alpha value is -0.500. The minimum Gasteiger partial charge on any atom is -0.457 e. The van der Waals surface area contributed by atoms with E-state index in [1.807, 2.05) is 21.1 Å². The van der Waals surface area contributed by atoms with E-state index in [0.29, 0.717) is 24.1 Å². The zero-order chi connectivity index (χ0) is 41.3. The number of rotatable bonds is 46. The summed E-state index contributed by atoms with van der Waals surface area (Å²) < 4.78 is 35.1. The molecule has 0 heterocycles. The van der Waals surface area contributed by atoms with Gasteiger partial charge in [-0.1, -0.05) is 219 Å². The van der Waals surface area contributed by atoms with Gasteiger partial charge in [0.2, 0.25) is 0 Å². The quantitative estimate of drug-likeness (QED) is 0.0283. The van der Waals surface area contributed by atoms with Gasteiger partial charge in [-0.2, -0.15) is 0 Å². The van der Waals surface area contributed by atoms with E-state index in [-0.39, 0.29) is 25.8 Å². The number of unbranched alkanes of at least 4 members (excludes halogenated alkanes) is 32. The lowest BCUT2D eigenvalue weighted by molar-refractivity contribution is -0.870. The van der Waals surface area contributed by atoms with Crippen molar-refractivity contribution in [2.45, 2.75) is 245 Å². The second kappa shape index (κ2) is 41.2. The zero-order valence-electron chi connectivity index (χ0n) is 38.2. The maximum Gasteiger partial charge on any atom is 0.472 e. The van der Waals surface area contributed by atoms with Gasteiger partial charge in [-0.25, -0.2) is 4.57 Å². The van der Waals surface area contributed by atoms with Crippen LogP contribution in [0.25, 0.3) is 0 Å². The van der Waals surface area contributed by atoms with E-state index in [1.54, 1.807) is 0 Å². The number of carbonyl (C=O) groups is 1. The molecule has 336 valence electrons. The Morgan fingerprint density at radius 3 is 1.18 bits per heavy atom. The highest BCUT2D eigenvalue weighted by Gasteiger charge is 2.26. The summed E-state index contributed by atoms with van der Waals surface area (Å²) in [5.74, 6) is -0.306. The molecule has 0 spiro atoms. The minimum absolute atomic E-state index is 0.0939. The molecule has 0 aromatic rings. The third-order valence-electron chi connectivity index (χ3n) is 10.9. The average molecular weight is 819 g/mol. The largest absolute Gasteiger partial charge is 0.472 e. The number of ether oxygens (including phenoxy) is 2. The molecule has 0 amide bonds. The number of hydrogen-bond acceptors (Lipinski definition) is 6. The van der Waals surface area contributed by atoms with E-state index in [4.69, 9.17) is 18.5 Å². The predicted molar refractivity (Wildman–Crippen MR) is 238 cm³/mol. The number of likely N-dealkylation sites (N-methyl/N-ethyl adjacent to an activating group) is 1. The van der Waals surface area contributed by atoms with E-state index in [1.165, 1.54) is 186 Å². The highest BCUT2D eigenvalue weighted by molar-refractivity contribution is 7.47. The van der Waals surface area contributed by atoms with E-state index < -0.39 is 13.9 Å². The van der Waals surface area contributed by atoms with Crippen molar-refractivity contribution in [2.75, 3.05) is 54.1 Å². The van der Waals surface area contributed by atoms with Crippen LogP contribution in [-0.2, 0) is 27.9 Å². The predicted octanol–water partition coefficient (Wildman–Crippen LogP) is 14.4. The molecule has 0 fully saturated rings. The highest BCUT2D eigenvalue weighted by atomic mass is 31.2. The lowest BCUT2D eigenvalue weighted by atomic mass is 10.0. The molecule has 0 saturated heterocycles. The van der Waals surface area contributed by atoms with Crippen LogP contribution in [0, 0.1) is 0 Å². The van der Waals surface area contributed by atoms with Gasteiger partial charge in [-0.05, 0) is 12.8 Å². The number of esters is 1. The molecule has 0 rings (SSSR count). The molecule has 0 aliphatic rings. The Kier molecular flexibility index (Phi) is 40.9. The van der Waals surface area contributed by atoms with Crippen LogP contribution in [0.4, 0.5) is 0 Å². The molecule has 8 nitrogen and oxygen atoms in total. The summed E-state index contributed by atoms with van der Waals surface area (Å²) in [6, 6.07) is 0. The average Bonchev–Trinajstić information content (AvgIpc) is 3.15. The zero-order valence-corrected chi connectivity index (χ0v) is 39.0. The molecule has 0 aromatic carbocycles. The van der Waals surface area contributed by atoms with Crippen LogP contribution in [0.3, 0.4) is 0 Å². The molecule has 1 N–H and O–H groups in total. The second-order valence-electron chi connectivity index (χ2n) is 17.9. The van der Waals surface area contributed by atoms with Crippen LogP contribution < -0.4 is 0 Å². The second-order valence-corrected chi connectivity index (χ2v) is 19.3. The number of hydrogen-bond donors (Lipinski definition) is 1. The van der Waals surface area contributed by atoms with Crippen LogP contribution in [0.15, 0.2) is 0 Å². The molecular weight excluding hydrogens is 721 g/mol. The van der Waals surface area contributed by atoms with Gasteiger partial charge in [0.15, 0.2) is 0 Å². The van der Waals surface area contributed by atoms with Crippen molar-refractivity contribution >= 4 is 13.8 Å². The highest BCUT2D eigenvalue weighted by Crippen LogP contribution is 2.43. The number of nitrogens with zero attached hydrogens (tertiary/aromatic N) is 1. The third kappa shape index (κ3) is 44.6. The number of quaternary nitrogens is 1. The first kappa shape index (κ1) is 55.5. The standard InChI is InChI=1S/C47H96NO7P/c1-6-8-10-12-14-16-18-20-21-22-23-24-25-26-27-28-29-30-32-34-36-38-40-47(49)55-46(45-54-56(50,51)53-43-41-48(3,4)5)44-52-42-39-37-35-33-31-19-17-15-13-11-9-7-2/h46H,6-45H2,1-5H3/p+1. The van der Waals surface area contributed by atoms with Crippen molar-refractivity contribution < 1.29 is 37.3 Å². The van der Waals surface area contributed by atoms with Gasteiger partial charge in [-0.15, -0.1) is 0 Å². The van der Waals surface area contributed by atoms with Gasteiger partial charge in [0.05, 0.1) is 34.4 Å². The summed E-state index contributed by atoms with van der Waals surface area (Å²) in [5, 5.41) is 0. The molecule has 0 aromatic heterocycles. The summed E-state index contributed by atoms with van der Waals surface area (Å²) >= 11 is 0. The Morgan fingerprint density at radius 2 is 0.821 bits per heavy atom. The molecule has 2 atom stereocenters. The topological polar surface area (TPSA) is 91.3 Å². The molecule has 0 bridgehead atoms. The molecular formula is C47H97NO7P+. The third-order valence-corrected chi connectivity index (χ3v) is 11.9. The van der Waals surface area contributed by atoms with E-state index in [2.05, 4.69) is 13.8 Å². The fraction of sp³-hybridized carbons (Fsp3) is 0.979. The molecule has 2 unspecified atom stereocenters. The van der Waals surface area contributed by atoms with Crippen molar-refractivity contribution in [3.05, 3.63) is 0 Å². The lowest BCUT2D eigenvalue weighted by Gasteiger charge is -2.24. The van der Waals surface area contributed by atoms with Gasteiger partial charge in [0, 0.05) is 13.0 Å². The summed E-state index contributed by atoms with van der Waals surface area (Å²) in [7, 11) is 1.69. The maximum absolute atomic E-state index is 12.7. The van der Waals surface area contributed by atoms with Gasteiger partial charge in [0.1, 0.15) is 19.3 Å². The fourth-order valence-corrected chi connectivity index (χ4v) is 7.89. The number of phosphoric acid groups is 1. The van der Waals surface area contributed by atoms with Crippen molar-refractivity contribution in [2.24, 2.45) is 0 Å². The monoisotopic (exact) mass is 819 g/mol. The van der Waals surface area contributed by atoms with Gasteiger partial charge < -0.3 is 18.9 Å². The normalized spacial score (nSPS) is 13.6. The summed E-state index contributed by atoms with van der Waals surface area (Å²) in [6.45, 7) is 5.69. The molecule has 0 saturated carbocycles. The SMILES string of the molecule is CCCCCCCCCCCCCCCCCCCCCCCCC(=O)OC(COCCCCCCCCCCCCCC)COP(=O)(O)OCC[N+](C)(C)C. The summed E-state index contributed by atoms with van der Waals surface area (Å²) in [6.07, 6.45) is 44.3. The van der Waals surface area contributed by atoms with Crippen molar-refractivity contribution in [3.8, 4) is 0 Å². The molecule has 9 heteroatoms. The van der Waals surface area contributed by atoms with Crippen molar-refractivity contribution in [1.29, 1.82) is 0 Å². The number of carbonyl (C=O) groups excluding carboxylic acids is 1. The minimum atomic E-state index is -4.27. The smallest absolute Gasteiger partial charge is 0.457 e. The van der Waals surface area contributed by atoms with Gasteiger partial charge >= 0.3 is 13.8 Å². The Bertz CT molecular complexity index is 868. The first-order chi connectivity index (χ1) is 27.1. The molecule has 0 radical (unpaired) electrons. The molecule has 0 aliphatic carbocycles. The van der Waals surface area contributed by atoms with Gasteiger partial charge in [-0.3, -0.25) is 13.8 Å². The number of phosphoric ester groups is 1. The van der Waals surface area contributed by atoms with E-state index in [0.717, 1.165) is 32.1 Å². The Labute approximate surface area is 348 Å². The van der Waals surface area contributed by atoms with Crippen LogP contribution in [0.2, 0.25) is 0 Å². The molecule has 56 heavy (non-hydrogen) atoms. The Morgan fingerprint density at radius 1 is 0.482 bits per heavy atom. The first-order valence-electron chi connectivity index (χ1n) is 24.3. The Balaban J connectivity index is 4.05. The van der Waals surface area contributed by atoms with E-state index in [9.17, 15) is 14.3 Å². The molecule has 0 aliphatic heterocycles. The lowest BCUT2D eigenvalue weighted by Crippen LogP contribution is -2.37. The summed E-state index contributed by atoms with van der Waals surface area (Å²) in [4.78, 5) is 22.9. The first-order valence-corrected chi connectivity index (χ1v) is 25.8.